The van der Waals surface area contributed by atoms with Gasteiger partial charge in [0, 0.05) is 24.4 Å². The van der Waals surface area contributed by atoms with Crippen LogP contribution in [0.3, 0.4) is 0 Å². The van der Waals surface area contributed by atoms with Crippen LogP contribution in [0.2, 0.25) is 0 Å². The Labute approximate surface area is 265 Å². The lowest BCUT2D eigenvalue weighted by atomic mass is 9.91. The Morgan fingerprint density at radius 3 is 2.18 bits per heavy atom. The lowest BCUT2D eigenvalue weighted by Gasteiger charge is -2.52. The van der Waals surface area contributed by atoms with Crippen LogP contribution in [-0.4, -0.2) is 53.2 Å². The van der Waals surface area contributed by atoms with Crippen molar-refractivity contribution in [2.45, 2.75) is 81.7 Å². The van der Waals surface area contributed by atoms with E-state index in [1.54, 1.807) is 11.8 Å². The molecule has 3 aromatic rings. The first-order chi connectivity index (χ1) is 21.3. The number of hydrogen-bond donors (Lipinski definition) is 0. The summed E-state index contributed by atoms with van der Waals surface area (Å²) in [5, 5.41) is -0.567. The smallest absolute Gasteiger partial charge is 0.265 e. The second-order valence-corrected chi connectivity index (χ2v) is 13.2. The number of carbonyl (C=O) groups is 2. The van der Waals surface area contributed by atoms with Gasteiger partial charge >= 0.3 is 0 Å². The number of amides is 2. The molecule has 0 aliphatic carbocycles. The molecule has 234 valence electrons. The highest BCUT2D eigenvalue weighted by molar-refractivity contribution is 8.02. The molecule has 0 saturated carbocycles. The van der Waals surface area contributed by atoms with E-state index in [-0.39, 0.29) is 30.0 Å². The molecule has 2 fully saturated rings. The van der Waals surface area contributed by atoms with Gasteiger partial charge < -0.3 is 24.0 Å². The van der Waals surface area contributed by atoms with E-state index in [0.29, 0.717) is 19.0 Å². The molecule has 2 aliphatic heterocycles. The Morgan fingerprint density at radius 2 is 1.52 bits per heavy atom. The molecule has 2 saturated heterocycles. The normalized spacial score (nSPS) is 25.1. The third-order valence-corrected chi connectivity index (χ3v) is 9.93. The third-order valence-electron chi connectivity index (χ3n) is 8.50. The van der Waals surface area contributed by atoms with Gasteiger partial charge in [-0.15, -0.1) is 11.8 Å². The van der Waals surface area contributed by atoms with Crippen molar-refractivity contribution in [1.82, 2.24) is 4.90 Å². The minimum Gasteiger partial charge on any atom is -0.493 e. The maximum absolute atomic E-state index is 14.0. The van der Waals surface area contributed by atoms with E-state index in [2.05, 4.69) is 13.8 Å². The SMILES string of the molecule is CCCCOc1ccc([C@@H]2[C@H](S[C@@]3(C)O[C@H](c4ccccc4)[C@H](C)N(C)C3=O)C(=O)N2c2ccccc2)c(OCCCC)c1. The van der Waals surface area contributed by atoms with Gasteiger partial charge in [0.25, 0.3) is 5.91 Å². The van der Waals surface area contributed by atoms with E-state index >= 15 is 0 Å². The number of morpholine rings is 1. The third kappa shape index (κ3) is 6.47. The quantitative estimate of drug-likeness (QED) is 0.146. The van der Waals surface area contributed by atoms with Gasteiger partial charge in [-0.1, -0.05) is 75.2 Å². The summed E-state index contributed by atoms with van der Waals surface area (Å²) in [7, 11) is 1.82. The standard InChI is InChI=1S/C36H44N2O5S/c1-6-8-22-41-28-20-21-29(30(24-28)42-23-9-7-2)31-33(34(39)38(31)27-18-14-11-15-19-27)44-36(4)35(40)37(5)25(3)32(43-36)26-16-12-10-13-17-26/h10-21,24-25,31-33H,6-9,22-23H2,1-5H3/t25-,31+,32-,33-,36+/m0/s1. The van der Waals surface area contributed by atoms with Crippen LogP contribution in [0, 0.1) is 0 Å². The van der Waals surface area contributed by atoms with E-state index in [4.69, 9.17) is 14.2 Å². The molecule has 7 nitrogen and oxygen atoms in total. The van der Waals surface area contributed by atoms with Crippen molar-refractivity contribution >= 4 is 29.3 Å². The number of benzene rings is 3. The van der Waals surface area contributed by atoms with Gasteiger partial charge in [0.05, 0.1) is 25.3 Å². The topological polar surface area (TPSA) is 68.3 Å². The maximum Gasteiger partial charge on any atom is 0.265 e. The molecule has 3 aromatic carbocycles. The number of para-hydroxylation sites is 1. The molecule has 0 unspecified atom stereocenters. The second kappa shape index (κ2) is 14.1. The molecule has 44 heavy (non-hydrogen) atoms. The summed E-state index contributed by atoms with van der Waals surface area (Å²) in [5.74, 6) is 1.23. The lowest BCUT2D eigenvalue weighted by Crippen LogP contribution is -2.62. The van der Waals surface area contributed by atoms with Crippen LogP contribution in [0.4, 0.5) is 5.69 Å². The predicted molar refractivity (Wildman–Crippen MR) is 176 cm³/mol. The largest absolute Gasteiger partial charge is 0.493 e. The first-order valence-electron chi connectivity index (χ1n) is 15.7. The van der Waals surface area contributed by atoms with Crippen molar-refractivity contribution in [1.29, 1.82) is 0 Å². The number of likely N-dealkylation sites (N-methyl/N-ethyl adjacent to an activating group) is 1. The fourth-order valence-electron chi connectivity index (χ4n) is 5.80. The van der Waals surface area contributed by atoms with Crippen molar-refractivity contribution in [3.05, 3.63) is 90.0 Å². The number of β-lactam (4-membered cyclic amide) rings is 1. The number of hydrogen-bond acceptors (Lipinski definition) is 6. The van der Waals surface area contributed by atoms with Crippen LogP contribution in [0.1, 0.15) is 76.7 Å². The average Bonchev–Trinajstić information content (AvgIpc) is 3.05. The predicted octanol–water partition coefficient (Wildman–Crippen LogP) is 7.57. The summed E-state index contributed by atoms with van der Waals surface area (Å²) < 4.78 is 19.1. The van der Waals surface area contributed by atoms with E-state index in [0.717, 1.165) is 48.2 Å². The van der Waals surface area contributed by atoms with Crippen LogP contribution >= 0.6 is 11.8 Å². The maximum atomic E-state index is 14.0. The summed E-state index contributed by atoms with van der Waals surface area (Å²) in [4.78, 5) is 30.2. The zero-order valence-corrected chi connectivity index (χ0v) is 27.2. The molecule has 8 heteroatoms. The summed E-state index contributed by atoms with van der Waals surface area (Å²) in [5.41, 5.74) is 2.69. The summed E-state index contributed by atoms with van der Waals surface area (Å²) in [6.07, 6.45) is 3.60. The average molecular weight is 617 g/mol. The number of thioether (sulfide) groups is 1. The van der Waals surface area contributed by atoms with E-state index < -0.39 is 10.2 Å². The summed E-state index contributed by atoms with van der Waals surface area (Å²) in [6.45, 7) is 9.26. The van der Waals surface area contributed by atoms with E-state index in [1.807, 2.05) is 97.7 Å². The van der Waals surface area contributed by atoms with Gasteiger partial charge in [-0.25, -0.2) is 0 Å². The molecule has 5 rings (SSSR count). The zero-order chi connectivity index (χ0) is 31.3. The number of carbonyl (C=O) groups excluding carboxylic acids is 2. The van der Waals surface area contributed by atoms with Crippen LogP contribution in [0.25, 0.3) is 0 Å². The van der Waals surface area contributed by atoms with E-state index in [1.165, 1.54) is 11.8 Å². The van der Waals surface area contributed by atoms with Crippen LogP contribution in [-0.2, 0) is 14.3 Å². The second-order valence-electron chi connectivity index (χ2n) is 11.7. The minimum atomic E-state index is -1.27. The van der Waals surface area contributed by atoms with Crippen molar-refractivity contribution in [3.8, 4) is 11.5 Å². The van der Waals surface area contributed by atoms with Gasteiger partial charge in [0.15, 0.2) is 4.93 Å². The minimum absolute atomic E-state index is 0.0656. The van der Waals surface area contributed by atoms with E-state index in [9.17, 15) is 9.59 Å². The summed E-state index contributed by atoms with van der Waals surface area (Å²) >= 11 is 1.30. The molecular formula is C36H44N2O5S. The number of anilines is 1. The Morgan fingerprint density at radius 1 is 0.886 bits per heavy atom. The van der Waals surface area contributed by atoms with Gasteiger partial charge in [-0.05, 0) is 56.5 Å². The summed E-state index contributed by atoms with van der Waals surface area (Å²) in [6, 6.07) is 25.0. The van der Waals surface area contributed by atoms with Gasteiger partial charge in [0.2, 0.25) is 5.91 Å². The Balaban J connectivity index is 1.51. The molecule has 0 radical (unpaired) electrons. The van der Waals surface area contributed by atoms with Gasteiger partial charge in [-0.2, -0.15) is 0 Å². The molecule has 0 bridgehead atoms. The number of unbranched alkanes of at least 4 members (excludes halogenated alkanes) is 2. The number of nitrogens with zero attached hydrogens (tertiary/aromatic N) is 2. The van der Waals surface area contributed by atoms with Crippen molar-refractivity contribution < 1.29 is 23.8 Å². The molecular weight excluding hydrogens is 572 g/mol. The molecule has 5 atom stereocenters. The van der Waals surface area contributed by atoms with Crippen LogP contribution in [0.15, 0.2) is 78.9 Å². The molecule has 0 spiro atoms. The Kier molecular flexibility index (Phi) is 10.2. The Bertz CT molecular complexity index is 1420. The monoisotopic (exact) mass is 616 g/mol. The highest BCUT2D eigenvalue weighted by Gasteiger charge is 2.57. The highest BCUT2D eigenvalue weighted by Crippen LogP contribution is 2.53. The lowest BCUT2D eigenvalue weighted by molar-refractivity contribution is -0.173. The zero-order valence-electron chi connectivity index (χ0n) is 26.4. The fourth-order valence-corrected chi connectivity index (χ4v) is 7.30. The number of ether oxygens (including phenoxy) is 3. The Hall–Kier alpha value is -3.49. The molecule has 0 N–H and O–H groups in total. The first kappa shape index (κ1) is 31.9. The van der Waals surface area contributed by atoms with Crippen molar-refractivity contribution in [2.24, 2.45) is 0 Å². The molecule has 0 aromatic heterocycles. The van der Waals surface area contributed by atoms with Crippen LogP contribution < -0.4 is 14.4 Å². The molecule has 2 heterocycles. The van der Waals surface area contributed by atoms with Crippen LogP contribution in [0.5, 0.6) is 11.5 Å². The van der Waals surface area contributed by atoms with Crippen molar-refractivity contribution in [3.63, 3.8) is 0 Å². The first-order valence-corrected chi connectivity index (χ1v) is 16.6. The molecule has 2 aliphatic rings. The van der Waals surface area contributed by atoms with Gasteiger partial charge in [-0.3, -0.25) is 9.59 Å². The fraction of sp³-hybridized carbons (Fsp3) is 0.444. The van der Waals surface area contributed by atoms with Gasteiger partial charge in [0.1, 0.15) is 22.9 Å². The molecule has 2 amide bonds. The number of rotatable bonds is 13. The highest BCUT2D eigenvalue weighted by atomic mass is 32.2. The van der Waals surface area contributed by atoms with Crippen molar-refractivity contribution in [2.75, 3.05) is 25.2 Å².